The van der Waals surface area contributed by atoms with E-state index in [1.165, 1.54) is 13.1 Å². The van der Waals surface area contributed by atoms with E-state index in [0.717, 1.165) is 18.5 Å². The van der Waals surface area contributed by atoms with Crippen LogP contribution in [-0.2, 0) is 6.54 Å². The molecule has 144 valence electrons. The number of nitrogens with zero attached hydrogens (tertiary/aromatic N) is 4. The highest BCUT2D eigenvalue weighted by molar-refractivity contribution is 5.95. The molecular weight excluding hydrogens is 350 g/mol. The molecule has 2 N–H and O–H groups in total. The molecule has 0 spiro atoms. The average Bonchev–Trinajstić information content (AvgIpc) is 3.15. The highest BCUT2D eigenvalue weighted by Gasteiger charge is 2.27. The van der Waals surface area contributed by atoms with Crippen molar-refractivity contribution in [2.45, 2.75) is 25.3 Å². The molecule has 1 aliphatic heterocycles. The van der Waals surface area contributed by atoms with Crippen LogP contribution in [0.25, 0.3) is 0 Å². The molecule has 0 radical (unpaired) electrons. The lowest BCUT2D eigenvalue weighted by Gasteiger charge is -2.33. The summed E-state index contributed by atoms with van der Waals surface area (Å²) in [4.78, 5) is 24.8. The molecule has 1 saturated heterocycles. The van der Waals surface area contributed by atoms with Crippen molar-refractivity contribution < 1.29 is 14.8 Å². The first kappa shape index (κ1) is 18.8. The first-order valence-corrected chi connectivity index (χ1v) is 8.93. The first-order valence-electron chi connectivity index (χ1n) is 8.93. The van der Waals surface area contributed by atoms with Crippen molar-refractivity contribution in [1.82, 2.24) is 15.1 Å². The minimum atomic E-state index is -0.440. The fourth-order valence-corrected chi connectivity index (χ4v) is 3.61. The number of nitrogens with one attached hydrogen (secondary N) is 1. The molecular formula is C18H23N5O4. The van der Waals surface area contributed by atoms with Crippen LogP contribution in [0.15, 0.2) is 30.5 Å². The van der Waals surface area contributed by atoms with Crippen LogP contribution < -0.4 is 10.2 Å². The topological polar surface area (TPSA) is 114 Å². The van der Waals surface area contributed by atoms with E-state index in [1.54, 1.807) is 18.3 Å². The van der Waals surface area contributed by atoms with Crippen molar-refractivity contribution in [3.8, 4) is 0 Å². The van der Waals surface area contributed by atoms with Crippen LogP contribution in [0.3, 0.4) is 0 Å². The molecule has 9 nitrogen and oxygen atoms in total. The highest BCUT2D eigenvalue weighted by atomic mass is 16.6. The Hall–Kier alpha value is -2.94. The van der Waals surface area contributed by atoms with Gasteiger partial charge in [-0.2, -0.15) is 5.10 Å². The van der Waals surface area contributed by atoms with Gasteiger partial charge >= 0.3 is 0 Å². The van der Waals surface area contributed by atoms with Crippen molar-refractivity contribution >= 4 is 17.3 Å². The summed E-state index contributed by atoms with van der Waals surface area (Å²) in [5, 5.41) is 27.4. The summed E-state index contributed by atoms with van der Waals surface area (Å²) in [6.45, 7) is 1.86. The summed E-state index contributed by atoms with van der Waals surface area (Å²) >= 11 is 0. The van der Waals surface area contributed by atoms with E-state index in [9.17, 15) is 14.9 Å². The molecule has 1 fully saturated rings. The van der Waals surface area contributed by atoms with Gasteiger partial charge in [-0.1, -0.05) is 0 Å². The van der Waals surface area contributed by atoms with Gasteiger partial charge in [0.25, 0.3) is 11.6 Å². The maximum absolute atomic E-state index is 11.8. The number of carbonyl (C=O) groups excluding carboxylic acids is 1. The van der Waals surface area contributed by atoms with Crippen LogP contribution in [0.5, 0.6) is 0 Å². The van der Waals surface area contributed by atoms with Crippen LogP contribution in [0.4, 0.5) is 11.4 Å². The third-order valence-corrected chi connectivity index (χ3v) is 4.98. The molecule has 0 atom stereocenters. The molecule has 1 aromatic carbocycles. The third kappa shape index (κ3) is 3.92. The number of benzene rings is 1. The fraction of sp³-hybridized carbons (Fsp3) is 0.444. The Kier molecular flexibility index (Phi) is 5.70. The van der Waals surface area contributed by atoms with Crippen LogP contribution in [0, 0.1) is 10.1 Å². The van der Waals surface area contributed by atoms with E-state index in [-0.39, 0.29) is 23.8 Å². The fourth-order valence-electron chi connectivity index (χ4n) is 3.61. The predicted octanol–water partition coefficient (Wildman–Crippen LogP) is 1.53. The molecule has 0 aliphatic carbocycles. The molecule has 1 aromatic heterocycles. The lowest BCUT2D eigenvalue weighted by molar-refractivity contribution is -0.384. The number of carbonyl (C=O) groups is 1. The van der Waals surface area contributed by atoms with Crippen LogP contribution in [0.1, 0.15) is 34.8 Å². The number of hydrogen-bond donors (Lipinski definition) is 2. The summed E-state index contributed by atoms with van der Waals surface area (Å²) in [7, 11) is 1.49. The van der Waals surface area contributed by atoms with Gasteiger partial charge in [0.15, 0.2) is 0 Å². The van der Waals surface area contributed by atoms with Crippen molar-refractivity contribution in [2.75, 3.05) is 31.6 Å². The van der Waals surface area contributed by atoms with Crippen molar-refractivity contribution in [1.29, 1.82) is 0 Å². The number of rotatable bonds is 6. The molecule has 1 aliphatic rings. The summed E-state index contributed by atoms with van der Waals surface area (Å²) < 4.78 is 1.82. The van der Waals surface area contributed by atoms with Gasteiger partial charge in [0, 0.05) is 49.6 Å². The zero-order valence-electron chi connectivity index (χ0n) is 15.2. The number of aliphatic hydroxyl groups is 1. The maximum Gasteiger partial charge on any atom is 0.293 e. The lowest BCUT2D eigenvalue weighted by atomic mass is 9.93. The Balaban J connectivity index is 1.76. The molecule has 1 amide bonds. The number of hydrogen-bond acceptors (Lipinski definition) is 6. The molecule has 2 aromatic rings. The van der Waals surface area contributed by atoms with Gasteiger partial charge in [-0.25, -0.2) is 0 Å². The summed E-state index contributed by atoms with van der Waals surface area (Å²) in [6.07, 6.45) is 3.41. The van der Waals surface area contributed by atoms with Gasteiger partial charge in [-0.3, -0.25) is 19.6 Å². The van der Waals surface area contributed by atoms with E-state index >= 15 is 0 Å². The summed E-state index contributed by atoms with van der Waals surface area (Å²) in [6, 6.07) is 6.57. The summed E-state index contributed by atoms with van der Waals surface area (Å²) in [5.41, 5.74) is 1.85. The minimum absolute atomic E-state index is 0.0391. The second-order valence-electron chi connectivity index (χ2n) is 6.50. The Morgan fingerprint density at radius 3 is 2.74 bits per heavy atom. The van der Waals surface area contributed by atoms with Gasteiger partial charge in [0.2, 0.25) is 0 Å². The van der Waals surface area contributed by atoms with Gasteiger partial charge in [0.05, 0.1) is 18.1 Å². The predicted molar refractivity (Wildman–Crippen MR) is 100.0 cm³/mol. The van der Waals surface area contributed by atoms with E-state index in [0.29, 0.717) is 31.2 Å². The first-order chi connectivity index (χ1) is 13.0. The van der Waals surface area contributed by atoms with Gasteiger partial charge < -0.3 is 15.3 Å². The van der Waals surface area contributed by atoms with E-state index in [1.807, 2.05) is 15.6 Å². The number of aliphatic hydroxyl groups excluding tert-OH is 1. The smallest absolute Gasteiger partial charge is 0.293 e. The number of aromatic nitrogens is 2. The van der Waals surface area contributed by atoms with Crippen molar-refractivity contribution in [3.63, 3.8) is 0 Å². The van der Waals surface area contributed by atoms with Gasteiger partial charge in [0.1, 0.15) is 5.69 Å². The zero-order valence-corrected chi connectivity index (χ0v) is 15.2. The average molecular weight is 373 g/mol. The second kappa shape index (κ2) is 8.17. The Bertz CT molecular complexity index is 827. The third-order valence-electron chi connectivity index (χ3n) is 4.98. The SMILES string of the molecule is CNC(=O)c1ccc(N2CCC(c3ccnn3CCO)CC2)c([N+](=O)[O-])c1. The molecule has 3 rings (SSSR count). The number of nitro benzene ring substituents is 1. The number of anilines is 1. The standard InChI is InChI=1S/C18H23N5O4/c1-19-18(25)14-2-3-16(17(12-14)23(26)27)21-8-5-13(6-9-21)15-4-7-20-22(15)10-11-24/h2-4,7,12-13,24H,5-6,8-11H2,1H3,(H,19,25). The van der Waals surface area contributed by atoms with E-state index in [2.05, 4.69) is 10.4 Å². The van der Waals surface area contributed by atoms with Gasteiger partial charge in [-0.05, 0) is 31.0 Å². The molecule has 0 bridgehead atoms. The Morgan fingerprint density at radius 1 is 1.37 bits per heavy atom. The van der Waals surface area contributed by atoms with Crippen LogP contribution in [0.2, 0.25) is 0 Å². The molecule has 0 unspecified atom stereocenters. The number of amides is 1. The van der Waals surface area contributed by atoms with Crippen LogP contribution in [-0.4, -0.2) is 52.5 Å². The van der Waals surface area contributed by atoms with E-state index < -0.39 is 4.92 Å². The largest absolute Gasteiger partial charge is 0.394 e. The normalized spacial score (nSPS) is 15.0. The van der Waals surface area contributed by atoms with Crippen molar-refractivity contribution in [3.05, 3.63) is 51.8 Å². The van der Waals surface area contributed by atoms with Gasteiger partial charge in [-0.15, -0.1) is 0 Å². The quantitative estimate of drug-likeness (QED) is 0.586. The molecule has 9 heteroatoms. The lowest BCUT2D eigenvalue weighted by Crippen LogP contribution is -2.34. The molecule has 0 saturated carbocycles. The van der Waals surface area contributed by atoms with E-state index in [4.69, 9.17) is 5.11 Å². The highest BCUT2D eigenvalue weighted by Crippen LogP contribution is 2.35. The van der Waals surface area contributed by atoms with Crippen molar-refractivity contribution in [2.24, 2.45) is 0 Å². The number of nitro groups is 1. The Morgan fingerprint density at radius 2 is 2.11 bits per heavy atom. The molecule has 27 heavy (non-hydrogen) atoms. The minimum Gasteiger partial charge on any atom is -0.394 e. The number of piperidine rings is 1. The second-order valence-corrected chi connectivity index (χ2v) is 6.50. The maximum atomic E-state index is 11.8. The summed E-state index contributed by atoms with van der Waals surface area (Å²) in [5.74, 6) is -0.0417. The van der Waals surface area contributed by atoms with Crippen LogP contribution >= 0.6 is 0 Å². The Labute approximate surface area is 156 Å². The molecule has 2 heterocycles. The monoisotopic (exact) mass is 373 g/mol. The zero-order chi connectivity index (χ0) is 19.4.